The Hall–Kier alpha value is -1.55. The van der Waals surface area contributed by atoms with Crippen LogP contribution in [0.3, 0.4) is 0 Å². The number of rotatable bonds is 5. The van der Waals surface area contributed by atoms with Crippen LogP contribution in [-0.2, 0) is 4.79 Å². The lowest BCUT2D eigenvalue weighted by Crippen LogP contribution is -2.48. The van der Waals surface area contributed by atoms with E-state index >= 15 is 0 Å². The fourth-order valence-corrected chi connectivity index (χ4v) is 2.65. The van der Waals surface area contributed by atoms with Crippen molar-refractivity contribution in [2.75, 3.05) is 11.4 Å². The summed E-state index contributed by atoms with van der Waals surface area (Å²) in [7, 11) is 0. The average Bonchev–Trinajstić information content (AvgIpc) is 2.48. The number of ether oxygens (including phenoxy) is 1. The van der Waals surface area contributed by atoms with Crippen LogP contribution in [0.4, 0.5) is 5.69 Å². The van der Waals surface area contributed by atoms with Crippen LogP contribution in [0, 0.1) is 5.92 Å². The summed E-state index contributed by atoms with van der Waals surface area (Å²) in [5.41, 5.74) is 8.03. The van der Waals surface area contributed by atoms with Gasteiger partial charge in [-0.05, 0) is 36.5 Å². The molecule has 0 aliphatic carbocycles. The average molecular weight is 290 g/mol. The molecule has 0 saturated carbocycles. The molecule has 2 rings (SSSR count). The molecule has 0 bridgehead atoms. The summed E-state index contributed by atoms with van der Waals surface area (Å²) < 4.78 is 5.92. The van der Waals surface area contributed by atoms with Crippen molar-refractivity contribution in [2.45, 2.75) is 52.7 Å². The van der Waals surface area contributed by atoms with Gasteiger partial charge in [0.2, 0.25) is 0 Å². The predicted molar refractivity (Wildman–Crippen MR) is 85.6 cm³/mol. The van der Waals surface area contributed by atoms with Crippen molar-refractivity contribution in [3.8, 4) is 5.75 Å². The molecule has 0 aromatic heterocycles. The molecule has 1 aliphatic rings. The number of hydrogen-bond acceptors (Lipinski definition) is 3. The van der Waals surface area contributed by atoms with Crippen molar-refractivity contribution in [1.82, 2.24) is 0 Å². The Morgan fingerprint density at radius 1 is 1.33 bits per heavy atom. The number of amides is 1. The van der Waals surface area contributed by atoms with Crippen molar-refractivity contribution in [3.05, 3.63) is 23.8 Å². The number of nitrogens with two attached hydrogens (primary N) is 1. The zero-order valence-electron chi connectivity index (χ0n) is 13.4. The molecule has 1 amide bonds. The fraction of sp³-hybridized carbons (Fsp3) is 0.588. The molecule has 1 aromatic carbocycles. The van der Waals surface area contributed by atoms with E-state index in [0.29, 0.717) is 6.54 Å². The van der Waals surface area contributed by atoms with E-state index in [0.717, 1.165) is 29.8 Å². The highest BCUT2D eigenvalue weighted by Gasteiger charge is 2.36. The molecule has 116 valence electrons. The van der Waals surface area contributed by atoms with Gasteiger partial charge in [-0.2, -0.15) is 0 Å². The number of anilines is 1. The van der Waals surface area contributed by atoms with Crippen molar-refractivity contribution >= 4 is 11.6 Å². The summed E-state index contributed by atoms with van der Waals surface area (Å²) in [5, 5.41) is 0. The van der Waals surface area contributed by atoms with Gasteiger partial charge in [0.1, 0.15) is 5.75 Å². The second-order valence-electron chi connectivity index (χ2n) is 6.01. The Balaban J connectivity index is 2.43. The third-order valence-corrected chi connectivity index (χ3v) is 3.96. The highest BCUT2D eigenvalue weighted by molar-refractivity contribution is 6.00. The Morgan fingerprint density at radius 2 is 2.05 bits per heavy atom. The van der Waals surface area contributed by atoms with Gasteiger partial charge in [-0.25, -0.2) is 0 Å². The minimum absolute atomic E-state index is 0.00305. The van der Waals surface area contributed by atoms with Crippen LogP contribution in [0.2, 0.25) is 0 Å². The number of carbonyl (C=O) groups is 1. The van der Waals surface area contributed by atoms with E-state index < -0.39 is 6.10 Å². The van der Waals surface area contributed by atoms with Gasteiger partial charge >= 0.3 is 0 Å². The van der Waals surface area contributed by atoms with E-state index in [1.165, 1.54) is 0 Å². The maximum absolute atomic E-state index is 12.6. The van der Waals surface area contributed by atoms with Gasteiger partial charge in [0.25, 0.3) is 5.91 Å². The minimum Gasteiger partial charge on any atom is -0.478 e. The van der Waals surface area contributed by atoms with Crippen LogP contribution in [0.25, 0.3) is 0 Å². The zero-order chi connectivity index (χ0) is 15.6. The Labute approximate surface area is 127 Å². The first-order valence-electron chi connectivity index (χ1n) is 7.87. The maximum atomic E-state index is 12.6. The monoisotopic (exact) mass is 290 g/mol. The normalized spacial score (nSPS) is 19.4. The quantitative estimate of drug-likeness (QED) is 0.905. The van der Waals surface area contributed by atoms with Crippen molar-refractivity contribution in [3.63, 3.8) is 0 Å². The molecule has 1 aliphatic heterocycles. The van der Waals surface area contributed by atoms with Gasteiger partial charge in [-0.3, -0.25) is 4.79 Å². The molecule has 1 aromatic rings. The summed E-state index contributed by atoms with van der Waals surface area (Å²) in [6, 6.07) is 5.96. The SMILES string of the molecule is CCCN1C(=O)C(C(C)C)Oc2ccc(C(N)CC)cc21. The maximum Gasteiger partial charge on any atom is 0.268 e. The van der Waals surface area contributed by atoms with Crippen molar-refractivity contribution in [1.29, 1.82) is 0 Å². The number of nitrogens with zero attached hydrogens (tertiary/aromatic N) is 1. The summed E-state index contributed by atoms with van der Waals surface area (Å²) in [6.45, 7) is 8.88. The van der Waals surface area contributed by atoms with E-state index in [4.69, 9.17) is 10.5 Å². The second-order valence-corrected chi connectivity index (χ2v) is 6.01. The molecule has 0 spiro atoms. The van der Waals surface area contributed by atoms with Crippen LogP contribution >= 0.6 is 0 Å². The second kappa shape index (κ2) is 6.48. The van der Waals surface area contributed by atoms with E-state index in [2.05, 4.69) is 13.8 Å². The Bertz CT molecular complexity index is 514. The standard InChI is InChI=1S/C17H26N2O2/c1-5-9-19-14-10-12(13(18)6-2)7-8-15(14)21-16(11(3)4)17(19)20/h7-8,10-11,13,16H,5-6,9,18H2,1-4H3. The van der Waals surface area contributed by atoms with E-state index in [1.807, 2.05) is 36.9 Å². The van der Waals surface area contributed by atoms with Crippen molar-refractivity contribution in [2.24, 2.45) is 11.7 Å². The van der Waals surface area contributed by atoms with Gasteiger partial charge in [-0.15, -0.1) is 0 Å². The molecule has 2 atom stereocenters. The Kier molecular flexibility index (Phi) is 4.88. The smallest absolute Gasteiger partial charge is 0.268 e. The first-order valence-corrected chi connectivity index (χ1v) is 7.87. The van der Waals surface area contributed by atoms with Gasteiger partial charge in [0.05, 0.1) is 5.69 Å². The van der Waals surface area contributed by atoms with E-state index in [-0.39, 0.29) is 17.9 Å². The van der Waals surface area contributed by atoms with Crippen LogP contribution in [0.15, 0.2) is 18.2 Å². The number of carbonyl (C=O) groups excluding carboxylic acids is 1. The molecule has 21 heavy (non-hydrogen) atoms. The number of hydrogen-bond donors (Lipinski definition) is 1. The van der Waals surface area contributed by atoms with E-state index in [1.54, 1.807) is 0 Å². The molecule has 0 radical (unpaired) electrons. The molecular weight excluding hydrogens is 264 g/mol. The lowest BCUT2D eigenvalue weighted by atomic mass is 10.00. The summed E-state index contributed by atoms with van der Waals surface area (Å²) >= 11 is 0. The lowest BCUT2D eigenvalue weighted by Gasteiger charge is -2.36. The molecule has 4 nitrogen and oxygen atoms in total. The van der Waals surface area contributed by atoms with Gasteiger partial charge in [0.15, 0.2) is 6.10 Å². The van der Waals surface area contributed by atoms with Gasteiger partial charge in [0, 0.05) is 12.6 Å². The van der Waals surface area contributed by atoms with Gasteiger partial charge < -0.3 is 15.4 Å². The molecule has 0 saturated heterocycles. The molecule has 1 heterocycles. The number of benzene rings is 1. The van der Waals surface area contributed by atoms with Gasteiger partial charge in [-0.1, -0.05) is 33.8 Å². The van der Waals surface area contributed by atoms with Crippen LogP contribution in [0.1, 0.15) is 52.1 Å². The summed E-state index contributed by atoms with van der Waals surface area (Å²) in [4.78, 5) is 14.5. The molecule has 2 unspecified atom stereocenters. The molecule has 4 heteroatoms. The minimum atomic E-state index is -0.394. The highest BCUT2D eigenvalue weighted by atomic mass is 16.5. The molecule has 2 N–H and O–H groups in total. The Morgan fingerprint density at radius 3 is 2.62 bits per heavy atom. The van der Waals surface area contributed by atoms with Crippen LogP contribution in [-0.4, -0.2) is 18.6 Å². The highest BCUT2D eigenvalue weighted by Crippen LogP contribution is 2.37. The fourth-order valence-electron chi connectivity index (χ4n) is 2.65. The van der Waals surface area contributed by atoms with Crippen LogP contribution in [0.5, 0.6) is 5.75 Å². The van der Waals surface area contributed by atoms with E-state index in [9.17, 15) is 4.79 Å². The number of fused-ring (bicyclic) bond motifs is 1. The summed E-state index contributed by atoms with van der Waals surface area (Å²) in [6.07, 6.45) is 1.39. The molecule has 0 fully saturated rings. The topological polar surface area (TPSA) is 55.6 Å². The first-order chi connectivity index (χ1) is 9.99. The first kappa shape index (κ1) is 15.8. The summed E-state index contributed by atoms with van der Waals surface area (Å²) in [5.74, 6) is 0.998. The predicted octanol–water partition coefficient (Wildman–Crippen LogP) is 3.26. The van der Waals surface area contributed by atoms with Crippen LogP contribution < -0.4 is 15.4 Å². The third-order valence-electron chi connectivity index (χ3n) is 3.96. The lowest BCUT2D eigenvalue weighted by molar-refractivity contribution is -0.128. The largest absolute Gasteiger partial charge is 0.478 e. The molecular formula is C17H26N2O2. The third kappa shape index (κ3) is 3.05. The van der Waals surface area contributed by atoms with Crippen molar-refractivity contribution < 1.29 is 9.53 Å². The zero-order valence-corrected chi connectivity index (χ0v) is 13.4.